The van der Waals surface area contributed by atoms with Crippen LogP contribution in [0.25, 0.3) is 22.2 Å². The fraction of sp³-hybridized carbons (Fsp3) is 0.357. The highest BCUT2D eigenvalue weighted by atomic mass is 19.3. The van der Waals surface area contributed by atoms with Crippen molar-refractivity contribution < 1.29 is 32.6 Å². The molecular formula is C28H25F2N5O4. The fourth-order valence-electron chi connectivity index (χ4n) is 6.37. The molecule has 200 valence electrons. The molecule has 2 bridgehead atoms. The molecule has 2 N–H and O–H groups in total. The second-order valence-corrected chi connectivity index (χ2v) is 10.8. The molecular weight excluding hydrogens is 508 g/mol. The Labute approximate surface area is 225 Å². The quantitative estimate of drug-likeness (QED) is 0.406. The lowest BCUT2D eigenvalue weighted by atomic mass is 9.68. The highest BCUT2D eigenvalue weighted by molar-refractivity contribution is 5.98. The maximum absolute atomic E-state index is 13.6. The van der Waals surface area contributed by atoms with Gasteiger partial charge in [0.25, 0.3) is 5.91 Å². The third-order valence-electron chi connectivity index (χ3n) is 7.90. The number of benzene rings is 2. The fourth-order valence-corrected chi connectivity index (χ4v) is 6.37. The van der Waals surface area contributed by atoms with Crippen molar-refractivity contribution in [2.45, 2.75) is 56.1 Å². The molecule has 1 aliphatic carbocycles. The lowest BCUT2D eigenvalue weighted by molar-refractivity contribution is -0.180. The molecule has 11 heteroatoms. The first-order valence-electron chi connectivity index (χ1n) is 14.0. The second-order valence-electron chi connectivity index (χ2n) is 10.8. The molecule has 0 radical (unpaired) electrons. The highest BCUT2D eigenvalue weighted by Gasteiger charge is 2.53. The van der Waals surface area contributed by atoms with Crippen LogP contribution in [0, 0.1) is 0 Å². The van der Waals surface area contributed by atoms with Crippen LogP contribution >= 0.6 is 0 Å². The van der Waals surface area contributed by atoms with Crippen molar-refractivity contribution in [2.24, 2.45) is 0 Å². The number of halogens is 2. The van der Waals surface area contributed by atoms with Gasteiger partial charge in [-0.05, 0) is 36.8 Å². The minimum Gasteiger partial charge on any atom is -0.434 e. The van der Waals surface area contributed by atoms with E-state index in [1.807, 2.05) is 6.07 Å². The van der Waals surface area contributed by atoms with Gasteiger partial charge in [-0.2, -0.15) is 8.78 Å². The van der Waals surface area contributed by atoms with E-state index >= 15 is 0 Å². The Kier molecular flexibility index (Phi) is 4.31. The van der Waals surface area contributed by atoms with Gasteiger partial charge in [-0.15, -0.1) is 0 Å². The van der Waals surface area contributed by atoms with Crippen LogP contribution in [-0.4, -0.2) is 59.7 Å². The molecule has 2 aromatic carbocycles. The van der Waals surface area contributed by atoms with E-state index in [0.717, 1.165) is 4.90 Å². The number of fused-ring (bicyclic) bond motifs is 9. The molecule has 2 aromatic heterocycles. The van der Waals surface area contributed by atoms with Crippen molar-refractivity contribution in [1.82, 2.24) is 24.4 Å². The van der Waals surface area contributed by atoms with Crippen molar-refractivity contribution in [3.05, 3.63) is 71.6 Å². The number of imidazole rings is 1. The standard InChI is InChI=1S/C28H25F2N5O4/c1-27(37)12-28(38,13-27)25-31-10-15(11-32-25)14-6-7-17-18(8-14)35-19-9-20(23(35)33-17)34(2)24(36)16-4-3-5-21(22(16)19)39-26(29)30/h3-8,10-11,19-20,26,37-38H,9,12-13H2,1-2H3/t19-,20?,27-,28+/m1/s1/i2D3. The zero-order chi connectivity index (χ0) is 29.8. The van der Waals surface area contributed by atoms with Crippen LogP contribution in [0.4, 0.5) is 8.78 Å². The number of hydrogen-bond donors (Lipinski definition) is 2. The van der Waals surface area contributed by atoms with E-state index in [4.69, 9.17) is 13.8 Å². The lowest BCUT2D eigenvalue weighted by Crippen LogP contribution is -2.53. The van der Waals surface area contributed by atoms with Crippen molar-refractivity contribution in [2.75, 3.05) is 6.98 Å². The molecule has 4 heterocycles. The Morgan fingerprint density at radius 3 is 2.59 bits per heavy atom. The first-order chi connectivity index (χ1) is 19.8. The molecule has 0 spiro atoms. The molecule has 9 nitrogen and oxygen atoms in total. The number of hydrogen-bond acceptors (Lipinski definition) is 7. The van der Waals surface area contributed by atoms with Gasteiger partial charge in [-0.25, -0.2) is 15.0 Å². The monoisotopic (exact) mass is 536 g/mol. The SMILES string of the molecule is [2H]C([2H])([2H])N1C(=O)c2cccc(OC(F)F)c2[C@H]2CC1c1nc3ccc(-c4cnc([C@]5(O)C[C@@](C)(O)C5)nc4)cc3n12. The number of carbonyl (C=O) groups is 1. The van der Waals surface area contributed by atoms with Crippen molar-refractivity contribution in [1.29, 1.82) is 0 Å². The van der Waals surface area contributed by atoms with Gasteiger partial charge in [-0.3, -0.25) is 4.79 Å². The molecule has 1 amide bonds. The summed E-state index contributed by atoms with van der Waals surface area (Å²) < 4.78 is 57.9. The van der Waals surface area contributed by atoms with E-state index in [1.165, 1.54) is 18.2 Å². The Bertz CT molecular complexity index is 1750. The van der Waals surface area contributed by atoms with Crippen LogP contribution in [0.2, 0.25) is 0 Å². The zero-order valence-electron chi connectivity index (χ0n) is 23.7. The Hall–Kier alpha value is -3.96. The summed E-state index contributed by atoms with van der Waals surface area (Å²) in [5.74, 6) is -0.454. The number of carbonyl (C=O) groups excluding carboxylic acids is 1. The van der Waals surface area contributed by atoms with Gasteiger partial charge in [0.05, 0.1) is 28.7 Å². The van der Waals surface area contributed by atoms with Gasteiger partial charge in [0.15, 0.2) is 5.82 Å². The summed E-state index contributed by atoms with van der Waals surface area (Å²) in [5, 5.41) is 20.8. The molecule has 7 rings (SSSR count). The molecule has 2 atom stereocenters. The Morgan fingerprint density at radius 1 is 1.13 bits per heavy atom. The zero-order valence-corrected chi connectivity index (χ0v) is 20.7. The summed E-state index contributed by atoms with van der Waals surface area (Å²) >= 11 is 0. The minimum atomic E-state index is -3.15. The molecule has 2 aliphatic heterocycles. The average molecular weight is 537 g/mol. The summed E-state index contributed by atoms with van der Waals surface area (Å²) in [5.41, 5.74) is 0.352. The van der Waals surface area contributed by atoms with Gasteiger partial charge in [0, 0.05) is 59.4 Å². The van der Waals surface area contributed by atoms with Crippen molar-refractivity contribution in [3.8, 4) is 16.9 Å². The molecule has 4 aromatic rings. The third kappa shape index (κ3) is 3.56. The minimum absolute atomic E-state index is 0.0164. The van der Waals surface area contributed by atoms with Crippen LogP contribution in [0.1, 0.15) is 70.0 Å². The van der Waals surface area contributed by atoms with E-state index < -0.39 is 42.8 Å². The molecule has 1 saturated carbocycles. The number of nitrogens with zero attached hydrogens (tertiary/aromatic N) is 5. The number of aromatic nitrogens is 4. The van der Waals surface area contributed by atoms with E-state index in [2.05, 4.69) is 9.97 Å². The van der Waals surface area contributed by atoms with Crippen LogP contribution in [0.3, 0.4) is 0 Å². The van der Waals surface area contributed by atoms with E-state index in [1.54, 1.807) is 36.0 Å². The molecule has 39 heavy (non-hydrogen) atoms. The average Bonchev–Trinajstić information content (AvgIpc) is 3.39. The van der Waals surface area contributed by atoms with E-state index in [0.29, 0.717) is 28.0 Å². The topological polar surface area (TPSA) is 114 Å². The first kappa shape index (κ1) is 20.9. The highest BCUT2D eigenvalue weighted by Crippen LogP contribution is 2.50. The van der Waals surface area contributed by atoms with E-state index in [9.17, 15) is 23.8 Å². The summed E-state index contributed by atoms with van der Waals surface area (Å²) in [6, 6.07) is 7.89. The number of alkyl halides is 2. The summed E-state index contributed by atoms with van der Waals surface area (Å²) in [7, 11) is 0. The Morgan fingerprint density at radius 2 is 1.90 bits per heavy atom. The predicted molar refractivity (Wildman–Crippen MR) is 135 cm³/mol. The Balaban J connectivity index is 1.36. The van der Waals surface area contributed by atoms with E-state index in [-0.39, 0.29) is 42.0 Å². The third-order valence-corrected chi connectivity index (χ3v) is 7.90. The lowest BCUT2D eigenvalue weighted by Gasteiger charge is -2.46. The number of amides is 1. The van der Waals surface area contributed by atoms with Gasteiger partial charge in [-0.1, -0.05) is 12.1 Å². The normalized spacial score (nSPS) is 28.8. The van der Waals surface area contributed by atoms with Gasteiger partial charge < -0.3 is 24.4 Å². The summed E-state index contributed by atoms with van der Waals surface area (Å²) in [4.78, 5) is 27.8. The smallest absolute Gasteiger partial charge is 0.387 e. The van der Waals surface area contributed by atoms with Gasteiger partial charge in [0.1, 0.15) is 17.2 Å². The molecule has 1 fully saturated rings. The molecule has 3 aliphatic rings. The summed E-state index contributed by atoms with van der Waals surface area (Å²) in [6.07, 6.45) is 3.51. The maximum atomic E-state index is 13.6. The van der Waals surface area contributed by atoms with Gasteiger partial charge >= 0.3 is 6.61 Å². The van der Waals surface area contributed by atoms with Gasteiger partial charge in [0.2, 0.25) is 0 Å². The van der Waals surface area contributed by atoms with Crippen molar-refractivity contribution in [3.63, 3.8) is 0 Å². The number of aliphatic hydroxyl groups is 2. The number of rotatable bonds is 4. The van der Waals surface area contributed by atoms with Crippen LogP contribution in [0.5, 0.6) is 5.75 Å². The predicted octanol–water partition coefficient (Wildman–Crippen LogP) is 3.95. The summed E-state index contributed by atoms with van der Waals surface area (Å²) in [6.45, 7) is -4.33. The molecule has 1 unspecified atom stereocenters. The van der Waals surface area contributed by atoms with Crippen LogP contribution in [-0.2, 0) is 5.60 Å². The molecule has 0 saturated heterocycles. The maximum Gasteiger partial charge on any atom is 0.387 e. The number of ether oxygens (including phenoxy) is 1. The second kappa shape index (κ2) is 8.03. The van der Waals surface area contributed by atoms with Crippen molar-refractivity contribution >= 4 is 16.9 Å². The van der Waals surface area contributed by atoms with Crippen LogP contribution in [0.15, 0.2) is 48.8 Å². The first-order valence-corrected chi connectivity index (χ1v) is 12.5. The van der Waals surface area contributed by atoms with Crippen LogP contribution < -0.4 is 4.74 Å². The largest absolute Gasteiger partial charge is 0.434 e.